The van der Waals surface area contributed by atoms with Crippen LogP contribution in [0.25, 0.3) is 28.7 Å². The minimum atomic E-state index is 0.770. The summed E-state index contributed by atoms with van der Waals surface area (Å²) in [6.07, 6.45) is 5.52. The van der Waals surface area contributed by atoms with E-state index in [0.29, 0.717) is 0 Å². The number of nitrogens with zero attached hydrogens (tertiary/aromatic N) is 3. The third kappa shape index (κ3) is 2.51. The van der Waals surface area contributed by atoms with Gasteiger partial charge in [-0.25, -0.2) is 9.67 Å². The highest BCUT2D eigenvalue weighted by Gasteiger charge is 2.12. The maximum atomic E-state index is 4.60. The van der Waals surface area contributed by atoms with E-state index in [2.05, 4.69) is 47.3 Å². The number of benzene rings is 1. The molecule has 1 N–H and O–H groups in total. The fourth-order valence-electron chi connectivity index (χ4n) is 2.35. The first-order valence-corrected chi connectivity index (χ1v) is 7.09. The number of nitrogens with one attached hydrogen (secondary N) is 1. The number of hydrogen-bond donors (Lipinski definition) is 1. The summed E-state index contributed by atoms with van der Waals surface area (Å²) >= 11 is 0. The summed E-state index contributed by atoms with van der Waals surface area (Å²) in [5, 5.41) is 4.42. The summed E-state index contributed by atoms with van der Waals surface area (Å²) < 4.78 is 1.85. The summed E-state index contributed by atoms with van der Waals surface area (Å²) in [7, 11) is 0. The SMILES string of the molecule is C=Cc1[nH]c(-c2cnn(-c3cccc(C)c3)c2)nc1C(=C)C. The van der Waals surface area contributed by atoms with Crippen molar-refractivity contribution < 1.29 is 0 Å². The number of aromatic nitrogens is 4. The zero-order chi connectivity index (χ0) is 15.7. The van der Waals surface area contributed by atoms with Gasteiger partial charge in [0.15, 0.2) is 0 Å². The van der Waals surface area contributed by atoms with Gasteiger partial charge in [0, 0.05) is 6.20 Å². The molecule has 0 saturated heterocycles. The smallest absolute Gasteiger partial charge is 0.141 e. The van der Waals surface area contributed by atoms with Gasteiger partial charge in [-0.1, -0.05) is 25.3 Å². The topological polar surface area (TPSA) is 46.5 Å². The number of hydrogen-bond acceptors (Lipinski definition) is 2. The summed E-state index contributed by atoms with van der Waals surface area (Å²) in [5.41, 5.74) is 5.78. The first kappa shape index (κ1) is 14.1. The Kier molecular flexibility index (Phi) is 3.51. The van der Waals surface area contributed by atoms with Gasteiger partial charge in [-0.2, -0.15) is 5.10 Å². The molecule has 22 heavy (non-hydrogen) atoms. The minimum absolute atomic E-state index is 0.770. The van der Waals surface area contributed by atoms with Crippen molar-refractivity contribution in [1.29, 1.82) is 0 Å². The Bertz CT molecular complexity index is 852. The van der Waals surface area contributed by atoms with Gasteiger partial charge in [-0.3, -0.25) is 0 Å². The quantitative estimate of drug-likeness (QED) is 0.781. The Balaban J connectivity index is 2.01. The van der Waals surface area contributed by atoms with Crippen LogP contribution in [-0.4, -0.2) is 19.7 Å². The Morgan fingerprint density at radius 1 is 1.36 bits per heavy atom. The molecule has 4 heteroatoms. The van der Waals surface area contributed by atoms with Crippen LogP contribution in [0.4, 0.5) is 0 Å². The van der Waals surface area contributed by atoms with Crippen molar-refractivity contribution in [3.8, 4) is 17.1 Å². The zero-order valence-electron chi connectivity index (χ0n) is 12.8. The van der Waals surface area contributed by atoms with Crippen LogP contribution in [-0.2, 0) is 0 Å². The summed E-state index contributed by atoms with van der Waals surface area (Å²) in [5.74, 6) is 0.770. The molecule has 0 unspecified atom stereocenters. The molecule has 0 saturated carbocycles. The first-order valence-electron chi connectivity index (χ1n) is 7.09. The lowest BCUT2D eigenvalue weighted by Gasteiger charge is -2.01. The van der Waals surface area contributed by atoms with E-state index in [-0.39, 0.29) is 0 Å². The van der Waals surface area contributed by atoms with E-state index in [9.17, 15) is 0 Å². The zero-order valence-corrected chi connectivity index (χ0v) is 12.8. The highest BCUT2D eigenvalue weighted by Crippen LogP contribution is 2.23. The number of aryl methyl sites for hydroxylation is 1. The lowest BCUT2D eigenvalue weighted by atomic mass is 10.2. The van der Waals surface area contributed by atoms with Gasteiger partial charge in [-0.05, 0) is 43.2 Å². The normalized spacial score (nSPS) is 10.6. The summed E-state index contributed by atoms with van der Waals surface area (Å²) in [6, 6.07) is 8.21. The van der Waals surface area contributed by atoms with Gasteiger partial charge in [0.1, 0.15) is 5.82 Å². The monoisotopic (exact) mass is 290 g/mol. The molecule has 0 aliphatic carbocycles. The van der Waals surface area contributed by atoms with Crippen LogP contribution in [0.1, 0.15) is 23.9 Å². The van der Waals surface area contributed by atoms with E-state index >= 15 is 0 Å². The average Bonchev–Trinajstić information content (AvgIpc) is 3.13. The summed E-state index contributed by atoms with van der Waals surface area (Å²) in [6.45, 7) is 11.8. The average molecular weight is 290 g/mol. The van der Waals surface area contributed by atoms with Crippen molar-refractivity contribution in [1.82, 2.24) is 19.7 Å². The molecule has 0 aliphatic heterocycles. The van der Waals surface area contributed by atoms with Gasteiger partial charge in [0.2, 0.25) is 0 Å². The molecular weight excluding hydrogens is 272 g/mol. The second-order valence-electron chi connectivity index (χ2n) is 5.34. The molecule has 4 nitrogen and oxygen atoms in total. The highest BCUT2D eigenvalue weighted by molar-refractivity contribution is 5.70. The fraction of sp³-hybridized carbons (Fsp3) is 0.111. The van der Waals surface area contributed by atoms with Crippen LogP contribution in [0, 0.1) is 6.92 Å². The van der Waals surface area contributed by atoms with E-state index in [4.69, 9.17) is 0 Å². The molecule has 0 bridgehead atoms. The fourth-order valence-corrected chi connectivity index (χ4v) is 2.35. The first-order chi connectivity index (χ1) is 10.6. The van der Waals surface area contributed by atoms with Crippen molar-refractivity contribution in [2.75, 3.05) is 0 Å². The molecule has 3 aromatic rings. The van der Waals surface area contributed by atoms with Crippen LogP contribution in [0.5, 0.6) is 0 Å². The van der Waals surface area contributed by atoms with E-state index in [1.165, 1.54) is 5.56 Å². The van der Waals surface area contributed by atoms with Crippen LogP contribution in [0.3, 0.4) is 0 Å². The largest absolute Gasteiger partial charge is 0.338 e. The van der Waals surface area contributed by atoms with E-state index < -0.39 is 0 Å². The molecular formula is C18H18N4. The molecule has 0 aliphatic rings. The Morgan fingerprint density at radius 3 is 2.82 bits per heavy atom. The van der Waals surface area contributed by atoms with Gasteiger partial charge in [0.25, 0.3) is 0 Å². The predicted octanol–water partition coefficient (Wildman–Crippen LogP) is 4.25. The van der Waals surface area contributed by atoms with E-state index in [0.717, 1.165) is 34.0 Å². The number of aromatic amines is 1. The number of imidazole rings is 1. The third-order valence-corrected chi connectivity index (χ3v) is 3.46. The molecule has 0 amide bonds. The molecule has 2 heterocycles. The Hall–Kier alpha value is -2.88. The third-order valence-electron chi connectivity index (χ3n) is 3.46. The molecule has 2 aromatic heterocycles. The number of H-pyrrole nitrogens is 1. The molecule has 1 aromatic carbocycles. The maximum absolute atomic E-state index is 4.60. The lowest BCUT2D eigenvalue weighted by Crippen LogP contribution is -1.93. The summed E-state index contributed by atoms with van der Waals surface area (Å²) in [4.78, 5) is 7.86. The van der Waals surface area contributed by atoms with Crippen LogP contribution < -0.4 is 0 Å². The molecule has 110 valence electrons. The van der Waals surface area contributed by atoms with Gasteiger partial charge >= 0.3 is 0 Å². The van der Waals surface area contributed by atoms with E-state index in [1.54, 1.807) is 12.3 Å². The standard InChI is InChI=1S/C18H18N4/c1-5-16-17(12(2)3)21-18(20-16)14-10-19-22(11-14)15-8-6-7-13(4)9-15/h5-11H,1-2H2,3-4H3,(H,20,21). The van der Waals surface area contributed by atoms with Gasteiger partial charge in [0.05, 0.1) is 28.8 Å². The Labute approximate surface area is 129 Å². The van der Waals surface area contributed by atoms with Crippen molar-refractivity contribution in [3.63, 3.8) is 0 Å². The van der Waals surface area contributed by atoms with Crippen LogP contribution in [0.15, 0.2) is 49.8 Å². The van der Waals surface area contributed by atoms with Crippen molar-refractivity contribution in [3.05, 3.63) is 66.8 Å². The predicted molar refractivity (Wildman–Crippen MR) is 90.7 cm³/mol. The van der Waals surface area contributed by atoms with Gasteiger partial charge < -0.3 is 4.98 Å². The minimum Gasteiger partial charge on any atom is -0.338 e. The number of allylic oxidation sites excluding steroid dienone is 1. The van der Waals surface area contributed by atoms with Crippen LogP contribution in [0.2, 0.25) is 0 Å². The number of rotatable bonds is 4. The molecule has 0 radical (unpaired) electrons. The van der Waals surface area contributed by atoms with Crippen molar-refractivity contribution >= 4 is 11.6 Å². The highest BCUT2D eigenvalue weighted by atomic mass is 15.3. The van der Waals surface area contributed by atoms with Crippen molar-refractivity contribution in [2.24, 2.45) is 0 Å². The maximum Gasteiger partial charge on any atom is 0.141 e. The van der Waals surface area contributed by atoms with Crippen molar-refractivity contribution in [2.45, 2.75) is 13.8 Å². The molecule has 3 rings (SSSR count). The molecule has 0 atom stereocenters. The Morgan fingerprint density at radius 2 is 2.18 bits per heavy atom. The molecule has 0 fully saturated rings. The van der Waals surface area contributed by atoms with E-state index in [1.807, 2.05) is 29.9 Å². The second kappa shape index (κ2) is 5.48. The van der Waals surface area contributed by atoms with Crippen LogP contribution >= 0.6 is 0 Å². The lowest BCUT2D eigenvalue weighted by molar-refractivity contribution is 0.879. The molecule has 0 spiro atoms. The van der Waals surface area contributed by atoms with Gasteiger partial charge in [-0.15, -0.1) is 0 Å². The second-order valence-corrected chi connectivity index (χ2v) is 5.34.